The van der Waals surface area contributed by atoms with Gasteiger partial charge in [-0.2, -0.15) is 0 Å². The molecule has 0 unspecified atom stereocenters. The second-order valence-corrected chi connectivity index (χ2v) is 5.59. The van der Waals surface area contributed by atoms with Crippen molar-refractivity contribution in [2.24, 2.45) is 5.92 Å². The highest BCUT2D eigenvalue weighted by atomic mass is 16.5. The zero-order valence-corrected chi connectivity index (χ0v) is 14.0. The minimum atomic E-state index is -0.721. The van der Waals surface area contributed by atoms with Crippen molar-refractivity contribution in [3.8, 4) is 0 Å². The molecule has 0 aliphatic rings. The average molecular weight is 335 g/mol. The maximum atomic E-state index is 12.5. The van der Waals surface area contributed by atoms with Crippen LogP contribution in [0.4, 0.5) is 0 Å². The lowest BCUT2D eigenvalue weighted by Crippen LogP contribution is -2.49. The molecule has 0 saturated carbocycles. The molecule has 0 aliphatic carbocycles. The van der Waals surface area contributed by atoms with E-state index in [4.69, 9.17) is 5.21 Å². The molecule has 0 radical (unpaired) electrons. The number of benzene rings is 1. The lowest BCUT2D eigenvalue weighted by Gasteiger charge is -2.21. The van der Waals surface area contributed by atoms with Gasteiger partial charge in [0.15, 0.2) is 0 Å². The molecule has 0 aromatic heterocycles. The van der Waals surface area contributed by atoms with Gasteiger partial charge in [0.05, 0.1) is 0 Å². The summed E-state index contributed by atoms with van der Waals surface area (Å²) in [6.45, 7) is 1.90. The summed E-state index contributed by atoms with van der Waals surface area (Å²) >= 11 is 0. The molecule has 4 N–H and O–H groups in total. The first-order valence-electron chi connectivity index (χ1n) is 8.00. The average Bonchev–Trinajstić information content (AvgIpc) is 2.60. The Morgan fingerprint density at radius 3 is 2.33 bits per heavy atom. The van der Waals surface area contributed by atoms with Crippen LogP contribution in [0.5, 0.6) is 0 Å². The largest absolute Gasteiger partial charge is 0.357 e. The van der Waals surface area contributed by atoms with Gasteiger partial charge >= 0.3 is 0 Å². The number of rotatable bonds is 9. The van der Waals surface area contributed by atoms with Crippen LogP contribution in [-0.2, 0) is 20.8 Å². The Balaban J connectivity index is 2.81. The Morgan fingerprint density at radius 1 is 1.12 bits per heavy atom. The zero-order valence-electron chi connectivity index (χ0n) is 14.0. The molecule has 2 atom stereocenters. The van der Waals surface area contributed by atoms with E-state index in [-0.39, 0.29) is 18.2 Å². The van der Waals surface area contributed by atoms with Crippen LogP contribution in [0.1, 0.15) is 31.7 Å². The van der Waals surface area contributed by atoms with Crippen molar-refractivity contribution < 1.29 is 19.6 Å². The highest BCUT2D eigenvalue weighted by Crippen LogP contribution is 2.13. The molecule has 7 heteroatoms. The summed E-state index contributed by atoms with van der Waals surface area (Å²) < 4.78 is 0. The predicted molar refractivity (Wildman–Crippen MR) is 89.1 cm³/mol. The van der Waals surface area contributed by atoms with E-state index in [1.54, 1.807) is 0 Å². The molecule has 1 rings (SSSR count). The van der Waals surface area contributed by atoms with Gasteiger partial charge in [-0.05, 0) is 12.0 Å². The maximum Gasteiger partial charge on any atom is 0.244 e. The summed E-state index contributed by atoms with van der Waals surface area (Å²) in [5.41, 5.74) is 2.46. The van der Waals surface area contributed by atoms with Crippen molar-refractivity contribution in [1.82, 2.24) is 16.1 Å². The van der Waals surface area contributed by atoms with Crippen molar-refractivity contribution in [2.75, 3.05) is 7.05 Å². The van der Waals surface area contributed by atoms with Gasteiger partial charge in [0, 0.05) is 25.8 Å². The number of hydrogen-bond acceptors (Lipinski definition) is 4. The topological polar surface area (TPSA) is 108 Å². The molecule has 0 aliphatic heterocycles. The summed E-state index contributed by atoms with van der Waals surface area (Å²) in [6, 6.07) is 8.64. The van der Waals surface area contributed by atoms with E-state index in [1.807, 2.05) is 37.3 Å². The standard InChI is InChI=1S/C17H25N3O4/c1-3-7-13(11-15(21)20-24)16(22)19-14(17(23)18-2)10-12-8-5-4-6-9-12/h4-6,8-9,13-14,24H,3,7,10-11H2,1-2H3,(H,18,23)(H,19,22)(H,20,21)/t13-,14+/m1/s1. The van der Waals surface area contributed by atoms with Gasteiger partial charge < -0.3 is 10.6 Å². The molecule has 132 valence electrons. The van der Waals surface area contributed by atoms with E-state index in [1.165, 1.54) is 12.5 Å². The van der Waals surface area contributed by atoms with E-state index in [9.17, 15) is 14.4 Å². The number of nitrogens with one attached hydrogen (secondary N) is 3. The number of hydrogen-bond donors (Lipinski definition) is 4. The Hall–Kier alpha value is -2.41. The second kappa shape index (κ2) is 10.4. The van der Waals surface area contributed by atoms with E-state index < -0.39 is 17.9 Å². The van der Waals surface area contributed by atoms with Gasteiger partial charge in [-0.25, -0.2) is 5.48 Å². The third-order valence-corrected chi connectivity index (χ3v) is 3.73. The van der Waals surface area contributed by atoms with Crippen molar-refractivity contribution in [3.05, 3.63) is 35.9 Å². The normalized spacial score (nSPS) is 12.8. The Labute approximate surface area is 141 Å². The van der Waals surface area contributed by atoms with Crippen molar-refractivity contribution in [2.45, 2.75) is 38.6 Å². The van der Waals surface area contributed by atoms with Gasteiger partial charge in [-0.3, -0.25) is 19.6 Å². The monoisotopic (exact) mass is 335 g/mol. The van der Waals surface area contributed by atoms with Crippen molar-refractivity contribution in [1.29, 1.82) is 0 Å². The van der Waals surface area contributed by atoms with E-state index in [0.29, 0.717) is 19.3 Å². The smallest absolute Gasteiger partial charge is 0.244 e. The first-order valence-corrected chi connectivity index (χ1v) is 8.00. The summed E-state index contributed by atoms with van der Waals surface area (Å²) in [5, 5.41) is 13.9. The summed E-state index contributed by atoms with van der Waals surface area (Å²) in [4.78, 5) is 35.9. The highest BCUT2D eigenvalue weighted by molar-refractivity contribution is 5.90. The second-order valence-electron chi connectivity index (χ2n) is 5.59. The number of carbonyl (C=O) groups is 3. The minimum Gasteiger partial charge on any atom is -0.357 e. The maximum absolute atomic E-state index is 12.5. The van der Waals surface area contributed by atoms with Gasteiger partial charge in [-0.1, -0.05) is 43.7 Å². The van der Waals surface area contributed by atoms with Crippen LogP contribution in [0.2, 0.25) is 0 Å². The molecule has 1 aromatic carbocycles. The minimum absolute atomic E-state index is 0.123. The fourth-order valence-electron chi connectivity index (χ4n) is 2.47. The summed E-state index contributed by atoms with van der Waals surface area (Å²) in [7, 11) is 1.51. The van der Waals surface area contributed by atoms with E-state index >= 15 is 0 Å². The highest BCUT2D eigenvalue weighted by Gasteiger charge is 2.26. The third kappa shape index (κ3) is 6.37. The lowest BCUT2D eigenvalue weighted by molar-refractivity contribution is -0.136. The Bertz CT molecular complexity index is 548. The van der Waals surface area contributed by atoms with Gasteiger partial charge in [0.1, 0.15) is 6.04 Å². The van der Waals surface area contributed by atoms with E-state index in [0.717, 1.165) is 5.56 Å². The molecular weight excluding hydrogens is 310 g/mol. The van der Waals surface area contributed by atoms with Crippen LogP contribution in [0.25, 0.3) is 0 Å². The molecule has 0 fully saturated rings. The number of amides is 3. The molecule has 0 spiro atoms. The van der Waals surface area contributed by atoms with Crippen molar-refractivity contribution in [3.63, 3.8) is 0 Å². The molecule has 24 heavy (non-hydrogen) atoms. The van der Waals surface area contributed by atoms with Gasteiger partial charge in [-0.15, -0.1) is 0 Å². The van der Waals surface area contributed by atoms with Crippen LogP contribution in [-0.4, -0.2) is 36.0 Å². The van der Waals surface area contributed by atoms with Crippen LogP contribution in [0.3, 0.4) is 0 Å². The molecule has 0 heterocycles. The Morgan fingerprint density at radius 2 is 1.79 bits per heavy atom. The summed E-state index contributed by atoms with van der Waals surface area (Å²) in [6.07, 6.45) is 1.43. The summed E-state index contributed by atoms with van der Waals surface area (Å²) in [5.74, 6) is -1.88. The molecule has 1 aromatic rings. The van der Waals surface area contributed by atoms with Crippen LogP contribution >= 0.6 is 0 Å². The van der Waals surface area contributed by atoms with Crippen LogP contribution in [0, 0.1) is 5.92 Å². The third-order valence-electron chi connectivity index (χ3n) is 3.73. The molecule has 3 amide bonds. The van der Waals surface area contributed by atoms with Gasteiger partial charge in [0.25, 0.3) is 0 Å². The van der Waals surface area contributed by atoms with E-state index in [2.05, 4.69) is 10.6 Å². The Kier molecular flexibility index (Phi) is 8.49. The van der Waals surface area contributed by atoms with Crippen LogP contribution < -0.4 is 16.1 Å². The zero-order chi connectivity index (χ0) is 17.9. The van der Waals surface area contributed by atoms with Crippen LogP contribution in [0.15, 0.2) is 30.3 Å². The molecule has 0 bridgehead atoms. The SMILES string of the molecule is CCC[C@H](CC(=O)NO)C(=O)N[C@@H](Cc1ccccc1)C(=O)NC. The lowest BCUT2D eigenvalue weighted by atomic mass is 9.97. The molecular formula is C17H25N3O4. The number of carbonyl (C=O) groups excluding carboxylic acids is 3. The fraction of sp³-hybridized carbons (Fsp3) is 0.471. The quantitative estimate of drug-likeness (QED) is 0.395. The number of hydroxylamine groups is 1. The number of likely N-dealkylation sites (N-methyl/N-ethyl adjacent to an activating group) is 1. The first kappa shape index (κ1) is 19.6. The fourth-order valence-corrected chi connectivity index (χ4v) is 2.47. The molecule has 0 saturated heterocycles. The predicted octanol–water partition coefficient (Wildman–Crippen LogP) is 0.772. The van der Waals surface area contributed by atoms with Gasteiger partial charge in [0.2, 0.25) is 17.7 Å². The molecule has 7 nitrogen and oxygen atoms in total. The van der Waals surface area contributed by atoms with Crippen molar-refractivity contribution >= 4 is 17.7 Å². The first-order chi connectivity index (χ1) is 11.5.